The van der Waals surface area contributed by atoms with Crippen LogP contribution in [0.3, 0.4) is 0 Å². The Hall–Kier alpha value is -0.420. The van der Waals surface area contributed by atoms with Gasteiger partial charge in [-0.2, -0.15) is 5.10 Å². The highest BCUT2D eigenvalue weighted by Crippen LogP contribution is 1.98. The molecule has 0 aliphatic carbocycles. The van der Waals surface area contributed by atoms with E-state index in [-0.39, 0.29) is 0 Å². The molecule has 1 N–H and O–H groups in total. The van der Waals surface area contributed by atoms with Crippen LogP contribution in [-0.4, -0.2) is 22.4 Å². The standard InChI is InChI=1S/C3H7N4S/c1-2-6-3-4-5-7(6)8/h3,5H,2H2,1H3. The van der Waals surface area contributed by atoms with Crippen LogP contribution in [0.5, 0.6) is 0 Å². The monoisotopic (exact) mass is 131 g/mol. The van der Waals surface area contributed by atoms with E-state index >= 15 is 0 Å². The molecule has 1 aliphatic rings. The molecule has 0 aromatic rings. The molecule has 5 heteroatoms. The highest BCUT2D eigenvalue weighted by molar-refractivity contribution is 7.77. The molecule has 1 aliphatic heterocycles. The van der Waals surface area contributed by atoms with Gasteiger partial charge in [-0.25, -0.2) is 5.53 Å². The van der Waals surface area contributed by atoms with E-state index in [1.807, 2.05) is 6.92 Å². The van der Waals surface area contributed by atoms with Crippen molar-refractivity contribution in [1.82, 2.24) is 15.1 Å². The molecule has 0 atom stereocenters. The second-order valence-electron chi connectivity index (χ2n) is 1.37. The number of hydrazine groups is 2. The summed E-state index contributed by atoms with van der Waals surface area (Å²) < 4.78 is 1.40. The average Bonchev–Trinajstić information content (AvgIpc) is 2.14. The van der Waals surface area contributed by atoms with Crippen molar-refractivity contribution in [1.29, 1.82) is 0 Å². The number of hydrogen-bond donors (Lipinski definition) is 1. The van der Waals surface area contributed by atoms with Gasteiger partial charge in [0.25, 0.3) is 0 Å². The van der Waals surface area contributed by atoms with Crippen LogP contribution in [-0.2, 0) is 0 Å². The van der Waals surface area contributed by atoms with Gasteiger partial charge >= 0.3 is 0 Å². The molecule has 0 aromatic carbocycles. The van der Waals surface area contributed by atoms with Crippen LogP contribution in [0.2, 0.25) is 0 Å². The number of rotatable bonds is 1. The maximum Gasteiger partial charge on any atom is 0.129 e. The second-order valence-corrected chi connectivity index (χ2v) is 1.72. The van der Waals surface area contributed by atoms with E-state index in [9.17, 15) is 0 Å². The lowest BCUT2D eigenvalue weighted by Crippen LogP contribution is -2.34. The zero-order valence-corrected chi connectivity index (χ0v) is 5.35. The quantitative estimate of drug-likeness (QED) is 0.547. The van der Waals surface area contributed by atoms with Gasteiger partial charge in [-0.3, -0.25) is 5.01 Å². The van der Waals surface area contributed by atoms with Gasteiger partial charge in [0.2, 0.25) is 0 Å². The molecule has 0 spiro atoms. The molecule has 0 saturated carbocycles. The van der Waals surface area contributed by atoms with E-state index in [1.165, 1.54) is 4.52 Å². The minimum atomic E-state index is 0.847. The summed E-state index contributed by atoms with van der Waals surface area (Å²) in [7, 11) is 0. The van der Waals surface area contributed by atoms with E-state index in [0.717, 1.165) is 6.54 Å². The van der Waals surface area contributed by atoms with Crippen molar-refractivity contribution in [2.24, 2.45) is 5.10 Å². The number of nitrogens with one attached hydrogen (secondary N) is 1. The van der Waals surface area contributed by atoms with Gasteiger partial charge in [-0.1, -0.05) is 0 Å². The molecule has 0 unspecified atom stereocenters. The summed E-state index contributed by atoms with van der Waals surface area (Å²) in [6.07, 6.45) is 1.65. The van der Waals surface area contributed by atoms with Gasteiger partial charge in [0.05, 0.1) is 12.8 Å². The SMILES string of the molecule is CCN1C=NNN1[S]. The fourth-order valence-electron chi connectivity index (χ4n) is 0.456. The zero-order chi connectivity index (χ0) is 5.98. The average molecular weight is 131 g/mol. The molecule has 1 radical (unpaired) electrons. The predicted molar refractivity (Wildman–Crippen MR) is 33.4 cm³/mol. The summed E-state index contributed by atoms with van der Waals surface area (Å²) in [4.78, 5) is 0. The second kappa shape index (κ2) is 2.23. The summed E-state index contributed by atoms with van der Waals surface area (Å²) in [5.41, 5.74) is 2.56. The van der Waals surface area contributed by atoms with Crippen LogP contribution in [0.4, 0.5) is 0 Å². The number of hydrazone groups is 1. The van der Waals surface area contributed by atoms with Crippen molar-refractivity contribution in [3.05, 3.63) is 0 Å². The molecule has 45 valence electrons. The topological polar surface area (TPSA) is 30.9 Å². The van der Waals surface area contributed by atoms with Crippen LogP contribution in [0.15, 0.2) is 5.10 Å². The first-order chi connectivity index (χ1) is 3.84. The summed E-state index contributed by atoms with van der Waals surface area (Å²) in [6.45, 7) is 2.85. The van der Waals surface area contributed by atoms with E-state index in [1.54, 1.807) is 11.3 Å². The maximum absolute atomic E-state index is 4.75. The Bertz CT molecular complexity index is 103. The lowest BCUT2D eigenvalue weighted by atomic mass is 10.7. The van der Waals surface area contributed by atoms with Gasteiger partial charge in [-0.05, 0) is 11.4 Å². The Morgan fingerprint density at radius 2 is 2.62 bits per heavy atom. The first-order valence-corrected chi connectivity index (χ1v) is 2.73. The molecular weight excluding hydrogens is 124 g/mol. The minimum absolute atomic E-state index is 0.847. The first kappa shape index (κ1) is 5.71. The van der Waals surface area contributed by atoms with E-state index < -0.39 is 0 Å². The third kappa shape index (κ3) is 0.873. The minimum Gasteiger partial charge on any atom is -0.264 e. The van der Waals surface area contributed by atoms with Crippen molar-refractivity contribution in [2.75, 3.05) is 6.54 Å². The molecule has 4 nitrogen and oxygen atoms in total. The molecule has 0 bridgehead atoms. The van der Waals surface area contributed by atoms with E-state index in [4.69, 9.17) is 12.8 Å². The normalized spacial score (nSPS) is 19.5. The van der Waals surface area contributed by atoms with Crippen LogP contribution < -0.4 is 5.53 Å². The molecule has 1 rings (SSSR count). The van der Waals surface area contributed by atoms with E-state index in [0.29, 0.717) is 0 Å². The predicted octanol–water partition coefficient (Wildman–Crippen LogP) is 0.0993. The lowest BCUT2D eigenvalue weighted by Gasteiger charge is -2.16. The molecule has 0 saturated heterocycles. The van der Waals surface area contributed by atoms with Crippen molar-refractivity contribution < 1.29 is 0 Å². The fraction of sp³-hybridized carbons (Fsp3) is 0.667. The third-order valence-electron chi connectivity index (χ3n) is 0.892. The van der Waals surface area contributed by atoms with Gasteiger partial charge < -0.3 is 0 Å². The van der Waals surface area contributed by atoms with Gasteiger partial charge in [0.1, 0.15) is 6.34 Å². The number of hydrogen-bond acceptors (Lipinski definition) is 4. The summed E-state index contributed by atoms with van der Waals surface area (Å²) >= 11 is 4.75. The molecule has 8 heavy (non-hydrogen) atoms. The zero-order valence-electron chi connectivity index (χ0n) is 4.53. The van der Waals surface area contributed by atoms with Gasteiger partial charge in [0.15, 0.2) is 0 Å². The summed E-state index contributed by atoms with van der Waals surface area (Å²) in [6, 6.07) is 0. The first-order valence-electron chi connectivity index (χ1n) is 2.37. The molecular formula is C3H7N4S. The lowest BCUT2D eigenvalue weighted by molar-refractivity contribution is 0.154. The van der Waals surface area contributed by atoms with Crippen LogP contribution in [0.25, 0.3) is 0 Å². The van der Waals surface area contributed by atoms with Crippen molar-refractivity contribution in [3.8, 4) is 0 Å². The Balaban J connectivity index is 2.41. The van der Waals surface area contributed by atoms with E-state index in [2.05, 4.69) is 10.6 Å². The van der Waals surface area contributed by atoms with Crippen LogP contribution in [0.1, 0.15) is 6.92 Å². The highest BCUT2D eigenvalue weighted by Gasteiger charge is 2.09. The molecule has 0 amide bonds. The van der Waals surface area contributed by atoms with Gasteiger partial charge in [-0.15, -0.1) is 0 Å². The van der Waals surface area contributed by atoms with Crippen molar-refractivity contribution >= 4 is 19.2 Å². The van der Waals surface area contributed by atoms with Crippen molar-refractivity contribution in [3.63, 3.8) is 0 Å². The molecule has 0 aromatic heterocycles. The van der Waals surface area contributed by atoms with Crippen LogP contribution in [0, 0.1) is 0 Å². The number of nitrogens with zero attached hydrogens (tertiary/aromatic N) is 3. The largest absolute Gasteiger partial charge is 0.264 e. The fourth-order valence-corrected chi connectivity index (χ4v) is 0.661. The summed E-state index contributed by atoms with van der Waals surface area (Å²) in [5, 5.41) is 5.46. The maximum atomic E-state index is 4.75. The van der Waals surface area contributed by atoms with Crippen LogP contribution >= 0.6 is 12.8 Å². The van der Waals surface area contributed by atoms with Crippen molar-refractivity contribution in [2.45, 2.75) is 6.92 Å². The third-order valence-corrected chi connectivity index (χ3v) is 1.18. The smallest absolute Gasteiger partial charge is 0.129 e. The Morgan fingerprint density at radius 1 is 1.88 bits per heavy atom. The molecule has 1 heterocycles. The summed E-state index contributed by atoms with van der Waals surface area (Å²) in [5.74, 6) is 0. The Morgan fingerprint density at radius 3 is 2.88 bits per heavy atom. The Labute approximate surface area is 53.6 Å². The van der Waals surface area contributed by atoms with Gasteiger partial charge in [0, 0.05) is 6.54 Å². The highest BCUT2D eigenvalue weighted by atomic mass is 32.1. The molecule has 0 fully saturated rings. The Kier molecular flexibility index (Phi) is 1.59.